The molecule has 1 atom stereocenters. The Hall–Kier alpha value is -1.92. The summed E-state index contributed by atoms with van der Waals surface area (Å²) < 4.78 is 0. The Morgan fingerprint density at radius 3 is 2.21 bits per heavy atom. The van der Waals surface area contributed by atoms with Gasteiger partial charge in [-0.3, -0.25) is 14.5 Å². The molecule has 0 saturated carbocycles. The van der Waals surface area contributed by atoms with Crippen molar-refractivity contribution in [3.63, 3.8) is 0 Å². The number of piperazine rings is 1. The molecule has 2 rings (SSSR count). The molecule has 0 spiro atoms. The number of carbonyl (C=O) groups excluding carboxylic acids is 2. The maximum atomic E-state index is 11.6. The van der Waals surface area contributed by atoms with Crippen LogP contribution in [0.15, 0.2) is 24.3 Å². The molecule has 1 heterocycles. The summed E-state index contributed by atoms with van der Waals surface area (Å²) in [6, 6.07) is 6.78. The van der Waals surface area contributed by atoms with Gasteiger partial charge in [-0.05, 0) is 17.7 Å². The summed E-state index contributed by atoms with van der Waals surface area (Å²) in [4.78, 5) is 26.1. The molecular formula is C13H17N3O3. The van der Waals surface area contributed by atoms with Crippen LogP contribution in [0, 0.1) is 0 Å². The van der Waals surface area contributed by atoms with E-state index < -0.39 is 6.04 Å². The van der Waals surface area contributed by atoms with E-state index in [2.05, 4.69) is 0 Å². The first-order valence-corrected chi connectivity index (χ1v) is 6.03. The minimum absolute atomic E-state index is 0.120. The van der Waals surface area contributed by atoms with Crippen LogP contribution in [0.1, 0.15) is 11.6 Å². The molecule has 1 fully saturated rings. The minimum atomic E-state index is -0.412. The van der Waals surface area contributed by atoms with Gasteiger partial charge in [0.25, 0.3) is 0 Å². The van der Waals surface area contributed by atoms with E-state index in [0.29, 0.717) is 0 Å². The Labute approximate surface area is 111 Å². The average Bonchev–Trinajstić information content (AvgIpc) is 2.43. The quantitative estimate of drug-likeness (QED) is 0.717. The second-order valence-electron chi connectivity index (χ2n) is 4.58. The van der Waals surface area contributed by atoms with Gasteiger partial charge in [0.05, 0.1) is 25.7 Å². The molecule has 2 amide bonds. The zero-order valence-electron chi connectivity index (χ0n) is 10.7. The molecule has 0 bridgehead atoms. The molecule has 1 aromatic carbocycles. The van der Waals surface area contributed by atoms with Crippen molar-refractivity contribution in [1.29, 1.82) is 0 Å². The third-order valence-corrected chi connectivity index (χ3v) is 3.28. The average molecular weight is 263 g/mol. The van der Waals surface area contributed by atoms with E-state index in [1.54, 1.807) is 29.2 Å². The van der Waals surface area contributed by atoms with Gasteiger partial charge in [-0.15, -0.1) is 0 Å². The molecule has 102 valence electrons. The lowest BCUT2D eigenvalue weighted by Gasteiger charge is -2.32. The molecule has 6 heteroatoms. The summed E-state index contributed by atoms with van der Waals surface area (Å²) in [6.07, 6.45) is 0. The van der Waals surface area contributed by atoms with Gasteiger partial charge < -0.3 is 15.7 Å². The number of imide groups is 1. The number of anilines is 1. The van der Waals surface area contributed by atoms with E-state index in [1.165, 1.54) is 7.05 Å². The summed E-state index contributed by atoms with van der Waals surface area (Å²) >= 11 is 0. The number of nitrogens with zero attached hydrogens (tertiary/aromatic N) is 2. The standard InChI is InChI=1S/C13H17N3O3/c1-15-12(18)6-16(7-13(15)19)10-4-2-9(3-5-10)11(14)8-17/h2-5,11,17H,6-8,14H2,1H3. The first kappa shape index (κ1) is 13.5. The summed E-state index contributed by atoms with van der Waals surface area (Å²) in [5.41, 5.74) is 7.32. The number of benzene rings is 1. The van der Waals surface area contributed by atoms with Crippen LogP contribution in [-0.2, 0) is 9.59 Å². The predicted octanol–water partition coefficient (Wildman–Crippen LogP) is -0.516. The van der Waals surface area contributed by atoms with Crippen LogP contribution in [0.4, 0.5) is 5.69 Å². The van der Waals surface area contributed by atoms with Crippen LogP contribution in [0.3, 0.4) is 0 Å². The number of amides is 2. The van der Waals surface area contributed by atoms with Crippen LogP contribution in [0.25, 0.3) is 0 Å². The summed E-state index contributed by atoms with van der Waals surface area (Å²) in [5.74, 6) is -0.431. The van der Waals surface area contributed by atoms with Gasteiger partial charge in [0.1, 0.15) is 0 Å². The second-order valence-corrected chi connectivity index (χ2v) is 4.58. The summed E-state index contributed by atoms with van der Waals surface area (Å²) in [7, 11) is 1.49. The van der Waals surface area contributed by atoms with Gasteiger partial charge in [0.2, 0.25) is 11.8 Å². The third kappa shape index (κ3) is 2.74. The number of hydrogen-bond donors (Lipinski definition) is 2. The fourth-order valence-corrected chi connectivity index (χ4v) is 1.95. The Kier molecular flexibility index (Phi) is 3.82. The number of nitrogens with two attached hydrogens (primary N) is 1. The second kappa shape index (κ2) is 5.38. The lowest BCUT2D eigenvalue weighted by atomic mass is 10.1. The minimum Gasteiger partial charge on any atom is -0.394 e. The first-order valence-electron chi connectivity index (χ1n) is 6.03. The Morgan fingerprint density at radius 1 is 1.21 bits per heavy atom. The van der Waals surface area contributed by atoms with Crippen LogP contribution in [0.2, 0.25) is 0 Å². The van der Waals surface area contributed by atoms with Gasteiger partial charge in [0, 0.05) is 12.7 Å². The highest BCUT2D eigenvalue weighted by Gasteiger charge is 2.28. The summed E-state index contributed by atoms with van der Waals surface area (Å²) in [6.45, 7) is 0.256. The number of carbonyl (C=O) groups is 2. The maximum absolute atomic E-state index is 11.6. The van der Waals surface area contributed by atoms with Crippen LogP contribution < -0.4 is 10.6 Å². The highest BCUT2D eigenvalue weighted by molar-refractivity contribution is 6.02. The van der Waals surface area contributed by atoms with Crippen LogP contribution >= 0.6 is 0 Å². The molecule has 0 aliphatic carbocycles. The van der Waals surface area contributed by atoms with Gasteiger partial charge in [-0.25, -0.2) is 0 Å². The van der Waals surface area contributed by atoms with Gasteiger partial charge in [-0.2, -0.15) is 0 Å². The highest BCUT2D eigenvalue weighted by atomic mass is 16.3. The molecule has 19 heavy (non-hydrogen) atoms. The Bertz CT molecular complexity index is 468. The topological polar surface area (TPSA) is 86.9 Å². The highest BCUT2D eigenvalue weighted by Crippen LogP contribution is 2.20. The molecule has 0 aromatic heterocycles. The number of likely N-dealkylation sites (N-methyl/N-ethyl adjacent to an activating group) is 1. The number of rotatable bonds is 3. The number of hydrogen-bond acceptors (Lipinski definition) is 5. The molecule has 0 radical (unpaired) electrons. The van der Waals surface area contributed by atoms with E-state index in [9.17, 15) is 9.59 Å². The normalized spacial score (nSPS) is 17.8. The first-order chi connectivity index (χ1) is 9.02. The molecule has 1 saturated heterocycles. The molecule has 6 nitrogen and oxygen atoms in total. The zero-order valence-corrected chi connectivity index (χ0v) is 10.7. The largest absolute Gasteiger partial charge is 0.394 e. The maximum Gasteiger partial charge on any atom is 0.248 e. The predicted molar refractivity (Wildman–Crippen MR) is 70.4 cm³/mol. The van der Waals surface area contributed by atoms with Crippen molar-refractivity contribution in [2.24, 2.45) is 5.73 Å². The van der Waals surface area contributed by atoms with Crippen LogP contribution in [-0.4, -0.2) is 48.6 Å². The fourth-order valence-electron chi connectivity index (χ4n) is 1.95. The molecule has 3 N–H and O–H groups in total. The van der Waals surface area contributed by atoms with E-state index in [1.807, 2.05) is 0 Å². The van der Waals surface area contributed by atoms with Crippen molar-refractivity contribution in [2.45, 2.75) is 6.04 Å². The van der Waals surface area contributed by atoms with Crippen molar-refractivity contribution >= 4 is 17.5 Å². The van der Waals surface area contributed by atoms with E-state index in [0.717, 1.165) is 16.2 Å². The smallest absolute Gasteiger partial charge is 0.248 e. The van der Waals surface area contributed by atoms with E-state index in [4.69, 9.17) is 10.8 Å². The lowest BCUT2D eigenvalue weighted by molar-refractivity contribution is -0.143. The van der Waals surface area contributed by atoms with E-state index in [-0.39, 0.29) is 31.5 Å². The van der Waals surface area contributed by atoms with Gasteiger partial charge in [0.15, 0.2) is 0 Å². The third-order valence-electron chi connectivity index (χ3n) is 3.28. The fraction of sp³-hybridized carbons (Fsp3) is 0.385. The van der Waals surface area contributed by atoms with Gasteiger partial charge >= 0.3 is 0 Å². The molecule has 1 aliphatic heterocycles. The van der Waals surface area contributed by atoms with Gasteiger partial charge in [-0.1, -0.05) is 12.1 Å². The van der Waals surface area contributed by atoms with Crippen molar-refractivity contribution < 1.29 is 14.7 Å². The number of aliphatic hydroxyl groups excluding tert-OH is 1. The summed E-state index contributed by atoms with van der Waals surface area (Å²) in [5, 5.41) is 8.97. The van der Waals surface area contributed by atoms with Crippen molar-refractivity contribution in [3.05, 3.63) is 29.8 Å². The Balaban J connectivity index is 2.14. The lowest BCUT2D eigenvalue weighted by Crippen LogP contribution is -2.52. The zero-order chi connectivity index (χ0) is 14.0. The molecule has 1 aromatic rings. The van der Waals surface area contributed by atoms with Crippen molar-refractivity contribution in [3.8, 4) is 0 Å². The monoisotopic (exact) mass is 263 g/mol. The molecule has 1 aliphatic rings. The van der Waals surface area contributed by atoms with E-state index >= 15 is 0 Å². The van der Waals surface area contributed by atoms with Crippen molar-refractivity contribution in [2.75, 3.05) is 31.6 Å². The van der Waals surface area contributed by atoms with Crippen LogP contribution in [0.5, 0.6) is 0 Å². The molecular weight excluding hydrogens is 246 g/mol. The number of aliphatic hydroxyl groups is 1. The molecule has 1 unspecified atom stereocenters. The van der Waals surface area contributed by atoms with Crippen molar-refractivity contribution in [1.82, 2.24) is 4.90 Å². The SMILES string of the molecule is CN1C(=O)CN(c2ccc(C(N)CO)cc2)CC1=O. The Morgan fingerprint density at radius 2 is 1.74 bits per heavy atom.